The zero-order valence-corrected chi connectivity index (χ0v) is 22.5. The molecule has 0 saturated carbocycles. The Hall–Kier alpha value is -4.73. The van der Waals surface area contributed by atoms with Crippen LogP contribution in [0.3, 0.4) is 0 Å². The minimum atomic E-state index is -1.45. The van der Waals surface area contributed by atoms with E-state index in [1.807, 2.05) is 0 Å². The third-order valence-electron chi connectivity index (χ3n) is 5.79. The fraction of sp³-hybridized carbons (Fsp3) is 0.480. The summed E-state index contributed by atoms with van der Waals surface area (Å²) in [5.74, 6) is -5.96. The summed E-state index contributed by atoms with van der Waals surface area (Å²) in [6, 6.07) is 3.36. The molecule has 13 N–H and O–H groups in total. The van der Waals surface area contributed by atoms with E-state index in [1.54, 1.807) is 30.3 Å². The molecule has 0 bridgehead atoms. The number of aliphatic imine (C=N–C) groups is 1. The lowest BCUT2D eigenvalue weighted by atomic mass is 10.0. The Morgan fingerprint density at radius 1 is 0.756 bits per heavy atom. The normalized spacial score (nSPS) is 13.5. The Labute approximate surface area is 236 Å². The van der Waals surface area contributed by atoms with Crippen molar-refractivity contribution in [3.63, 3.8) is 0 Å². The van der Waals surface area contributed by atoms with E-state index >= 15 is 0 Å². The summed E-state index contributed by atoms with van der Waals surface area (Å²) in [7, 11) is 0. The van der Waals surface area contributed by atoms with Crippen LogP contribution in [0.4, 0.5) is 0 Å². The van der Waals surface area contributed by atoms with Gasteiger partial charge in [0.05, 0.1) is 6.04 Å². The second kappa shape index (κ2) is 17.8. The molecule has 226 valence electrons. The van der Waals surface area contributed by atoms with Gasteiger partial charge in [-0.25, -0.2) is 4.79 Å². The average Bonchev–Trinajstić information content (AvgIpc) is 2.90. The molecule has 0 saturated heterocycles. The SMILES string of the molecule is NC(=O)CCC(N)C(=O)NC(Cc1ccccc1)C(=O)NC(CCC(=O)O)C(=O)NC(CCCN=C(N)N)C(=O)O. The third-order valence-corrected chi connectivity index (χ3v) is 5.79. The lowest BCUT2D eigenvalue weighted by molar-refractivity contribution is -0.143. The van der Waals surface area contributed by atoms with Crippen molar-refractivity contribution in [3.05, 3.63) is 35.9 Å². The largest absolute Gasteiger partial charge is 0.481 e. The van der Waals surface area contributed by atoms with Gasteiger partial charge in [0.2, 0.25) is 23.6 Å². The van der Waals surface area contributed by atoms with Crippen molar-refractivity contribution >= 4 is 41.5 Å². The first-order valence-corrected chi connectivity index (χ1v) is 12.8. The summed E-state index contributed by atoms with van der Waals surface area (Å²) in [4.78, 5) is 76.7. The molecule has 4 amide bonds. The summed E-state index contributed by atoms with van der Waals surface area (Å²) in [6.07, 6.45) is -0.958. The van der Waals surface area contributed by atoms with E-state index in [4.69, 9.17) is 28.0 Å². The number of nitrogens with two attached hydrogens (primary N) is 4. The third kappa shape index (κ3) is 14.3. The number of carboxylic acids is 2. The monoisotopic (exact) mass is 578 g/mol. The van der Waals surface area contributed by atoms with Crippen molar-refractivity contribution in [2.24, 2.45) is 27.9 Å². The van der Waals surface area contributed by atoms with E-state index in [0.29, 0.717) is 5.56 Å². The van der Waals surface area contributed by atoms with Crippen molar-refractivity contribution in [2.75, 3.05) is 6.54 Å². The molecule has 4 atom stereocenters. The minimum Gasteiger partial charge on any atom is -0.481 e. The van der Waals surface area contributed by atoms with Crippen LogP contribution < -0.4 is 38.9 Å². The zero-order valence-electron chi connectivity index (χ0n) is 22.5. The number of hydrogen-bond acceptors (Lipinski definition) is 8. The van der Waals surface area contributed by atoms with Crippen molar-refractivity contribution in [1.29, 1.82) is 0 Å². The van der Waals surface area contributed by atoms with Gasteiger partial charge in [-0.15, -0.1) is 0 Å². The summed E-state index contributed by atoms with van der Waals surface area (Å²) < 4.78 is 0. The van der Waals surface area contributed by atoms with Gasteiger partial charge in [-0.1, -0.05) is 30.3 Å². The molecule has 0 heterocycles. The lowest BCUT2D eigenvalue weighted by Crippen LogP contribution is -2.57. The number of nitrogens with one attached hydrogen (secondary N) is 3. The molecule has 0 aromatic heterocycles. The molecule has 1 rings (SSSR count). The number of carbonyl (C=O) groups is 6. The number of aliphatic carboxylic acids is 2. The van der Waals surface area contributed by atoms with E-state index < -0.39 is 66.2 Å². The van der Waals surface area contributed by atoms with Gasteiger partial charge in [-0.05, 0) is 31.2 Å². The molecule has 41 heavy (non-hydrogen) atoms. The quantitative estimate of drug-likeness (QED) is 0.0461. The topological polar surface area (TPSA) is 295 Å². The van der Waals surface area contributed by atoms with Gasteiger partial charge in [0.25, 0.3) is 0 Å². The van der Waals surface area contributed by atoms with Crippen LogP contribution in [0.25, 0.3) is 0 Å². The smallest absolute Gasteiger partial charge is 0.326 e. The van der Waals surface area contributed by atoms with Crippen LogP contribution in [0.1, 0.15) is 44.1 Å². The summed E-state index contributed by atoms with van der Waals surface area (Å²) in [5.41, 5.74) is 22.1. The first-order valence-electron chi connectivity index (χ1n) is 12.8. The number of carbonyl (C=O) groups excluding carboxylic acids is 4. The highest BCUT2D eigenvalue weighted by Gasteiger charge is 2.30. The van der Waals surface area contributed by atoms with Gasteiger partial charge in [-0.3, -0.25) is 29.0 Å². The summed E-state index contributed by atoms with van der Waals surface area (Å²) in [5, 5.41) is 25.9. The maximum absolute atomic E-state index is 13.3. The maximum atomic E-state index is 13.3. The molecule has 16 nitrogen and oxygen atoms in total. The van der Waals surface area contributed by atoms with E-state index in [-0.39, 0.29) is 51.0 Å². The molecule has 1 aromatic rings. The molecular weight excluding hydrogens is 540 g/mol. The zero-order chi connectivity index (χ0) is 30.9. The Bertz CT molecular complexity index is 1090. The van der Waals surface area contributed by atoms with E-state index in [1.165, 1.54) is 0 Å². The molecule has 0 radical (unpaired) electrons. The number of amides is 4. The summed E-state index contributed by atoms with van der Waals surface area (Å²) in [6.45, 7) is 0.115. The van der Waals surface area contributed by atoms with Crippen LogP contribution in [0, 0.1) is 0 Å². The van der Waals surface area contributed by atoms with Crippen molar-refractivity contribution in [1.82, 2.24) is 16.0 Å². The second-order valence-corrected chi connectivity index (χ2v) is 9.20. The summed E-state index contributed by atoms with van der Waals surface area (Å²) >= 11 is 0. The Balaban J connectivity index is 3.09. The second-order valence-electron chi connectivity index (χ2n) is 9.20. The molecular formula is C25H38N8O8. The molecule has 4 unspecified atom stereocenters. The number of nitrogens with zero attached hydrogens (tertiary/aromatic N) is 1. The molecule has 16 heteroatoms. The molecule has 0 fully saturated rings. The molecule has 0 aliphatic heterocycles. The molecule has 1 aromatic carbocycles. The van der Waals surface area contributed by atoms with Gasteiger partial charge < -0.3 is 49.1 Å². The van der Waals surface area contributed by atoms with Crippen LogP contribution in [-0.4, -0.2) is 82.5 Å². The van der Waals surface area contributed by atoms with E-state index in [9.17, 15) is 33.9 Å². The highest BCUT2D eigenvalue weighted by atomic mass is 16.4. The van der Waals surface area contributed by atoms with Gasteiger partial charge in [0.1, 0.15) is 18.1 Å². The maximum Gasteiger partial charge on any atom is 0.326 e. The first kappa shape index (κ1) is 34.3. The Morgan fingerprint density at radius 3 is 1.90 bits per heavy atom. The van der Waals surface area contributed by atoms with Gasteiger partial charge in [0.15, 0.2) is 5.96 Å². The average molecular weight is 579 g/mol. The highest BCUT2D eigenvalue weighted by molar-refractivity contribution is 5.94. The number of rotatable bonds is 19. The van der Waals surface area contributed by atoms with Gasteiger partial charge >= 0.3 is 11.9 Å². The number of benzene rings is 1. The van der Waals surface area contributed by atoms with Gasteiger partial charge in [-0.2, -0.15) is 0 Å². The number of primary amides is 1. The van der Waals surface area contributed by atoms with E-state index in [2.05, 4.69) is 20.9 Å². The Morgan fingerprint density at radius 2 is 1.34 bits per heavy atom. The molecule has 0 spiro atoms. The highest BCUT2D eigenvalue weighted by Crippen LogP contribution is 2.08. The number of hydrogen-bond donors (Lipinski definition) is 9. The molecule has 0 aliphatic rings. The number of carboxylic acid groups (broad SMARTS) is 2. The van der Waals surface area contributed by atoms with Crippen LogP contribution in [0.15, 0.2) is 35.3 Å². The van der Waals surface area contributed by atoms with Crippen molar-refractivity contribution in [3.8, 4) is 0 Å². The predicted molar refractivity (Wildman–Crippen MR) is 147 cm³/mol. The van der Waals surface area contributed by atoms with Crippen molar-refractivity contribution < 1.29 is 39.0 Å². The fourth-order valence-corrected chi connectivity index (χ4v) is 3.61. The van der Waals surface area contributed by atoms with Crippen LogP contribution >= 0.6 is 0 Å². The van der Waals surface area contributed by atoms with Crippen molar-refractivity contribution in [2.45, 2.75) is 69.1 Å². The van der Waals surface area contributed by atoms with Gasteiger partial charge in [0, 0.05) is 25.8 Å². The lowest BCUT2D eigenvalue weighted by Gasteiger charge is -2.25. The fourth-order valence-electron chi connectivity index (χ4n) is 3.61. The van der Waals surface area contributed by atoms with E-state index in [0.717, 1.165) is 0 Å². The minimum absolute atomic E-state index is 0.0171. The number of guanidine groups is 1. The van der Waals surface area contributed by atoms with Crippen LogP contribution in [0.5, 0.6) is 0 Å². The Kier molecular flexibility index (Phi) is 14.9. The van der Waals surface area contributed by atoms with Crippen LogP contribution in [-0.2, 0) is 35.2 Å². The predicted octanol–water partition coefficient (Wildman–Crippen LogP) is -2.72. The standard InChI is InChI=1S/C25H38N8O8/c26-15(8-10-19(27)34)21(37)33-18(13-14-5-2-1-3-6-14)23(39)31-16(9-11-20(35)36)22(38)32-17(24(40)41)7-4-12-30-25(28)29/h1-3,5-6,15-18H,4,7-13,26H2,(H2,27,34)(H,31,39)(H,32,38)(H,33,37)(H,35,36)(H,40,41)(H4,28,29,30). The first-order chi connectivity index (χ1) is 19.3. The van der Waals surface area contributed by atoms with Crippen LogP contribution in [0.2, 0.25) is 0 Å². The molecule has 0 aliphatic carbocycles.